The Morgan fingerprint density at radius 3 is 3.19 bits per heavy atom. The van der Waals surface area contributed by atoms with Crippen molar-refractivity contribution in [1.29, 1.82) is 0 Å². The smallest absolute Gasteiger partial charge is 0.0537 e. The van der Waals surface area contributed by atoms with Gasteiger partial charge in [-0.25, -0.2) is 0 Å². The summed E-state index contributed by atoms with van der Waals surface area (Å²) in [7, 11) is 1.95. The molecule has 0 saturated carbocycles. The number of aromatic nitrogens is 2. The van der Waals surface area contributed by atoms with Gasteiger partial charge in [0.1, 0.15) is 0 Å². The summed E-state index contributed by atoms with van der Waals surface area (Å²) in [5.41, 5.74) is 1.25. The summed E-state index contributed by atoms with van der Waals surface area (Å²) < 4.78 is 7.21. The van der Waals surface area contributed by atoms with Crippen LogP contribution < -0.4 is 5.32 Å². The number of hydrogen-bond donors (Lipinski definition) is 1. The van der Waals surface area contributed by atoms with Gasteiger partial charge in [-0.1, -0.05) is 0 Å². The first-order valence-corrected chi connectivity index (χ1v) is 6.05. The molecule has 90 valence electrons. The van der Waals surface area contributed by atoms with E-state index in [1.54, 1.807) is 0 Å². The molecule has 1 aliphatic rings. The van der Waals surface area contributed by atoms with Crippen molar-refractivity contribution in [2.24, 2.45) is 13.0 Å². The highest BCUT2D eigenvalue weighted by molar-refractivity contribution is 5.08. The molecule has 16 heavy (non-hydrogen) atoms. The Kier molecular flexibility index (Phi) is 3.96. The standard InChI is InChI=1S/C12H21N3O/c1-10(12-7-14-15(2)8-12)13-5-3-11-4-6-16-9-11/h7-8,10-11,13H,3-6,9H2,1-2H3. The molecule has 0 aromatic carbocycles. The first kappa shape index (κ1) is 11.6. The van der Waals surface area contributed by atoms with Crippen molar-refractivity contribution in [3.8, 4) is 0 Å². The summed E-state index contributed by atoms with van der Waals surface area (Å²) in [5.74, 6) is 0.758. The summed E-state index contributed by atoms with van der Waals surface area (Å²) in [6.45, 7) is 5.14. The van der Waals surface area contributed by atoms with Crippen LogP contribution in [0.1, 0.15) is 31.4 Å². The minimum Gasteiger partial charge on any atom is -0.381 e. The minimum absolute atomic E-state index is 0.385. The lowest BCUT2D eigenvalue weighted by Crippen LogP contribution is -2.21. The second-order valence-corrected chi connectivity index (χ2v) is 4.64. The summed E-state index contributed by atoms with van der Waals surface area (Å²) >= 11 is 0. The van der Waals surface area contributed by atoms with Crippen LogP contribution in [0.25, 0.3) is 0 Å². The van der Waals surface area contributed by atoms with Gasteiger partial charge in [0.05, 0.1) is 6.20 Å². The van der Waals surface area contributed by atoms with E-state index in [2.05, 4.69) is 23.5 Å². The Morgan fingerprint density at radius 2 is 2.56 bits per heavy atom. The largest absolute Gasteiger partial charge is 0.381 e. The summed E-state index contributed by atoms with van der Waals surface area (Å²) in [4.78, 5) is 0. The van der Waals surface area contributed by atoms with E-state index < -0.39 is 0 Å². The molecule has 0 radical (unpaired) electrons. The van der Waals surface area contributed by atoms with E-state index in [1.807, 2.05) is 17.9 Å². The first-order chi connectivity index (χ1) is 7.75. The lowest BCUT2D eigenvalue weighted by Gasteiger charge is -2.13. The lowest BCUT2D eigenvalue weighted by atomic mass is 10.0. The van der Waals surface area contributed by atoms with Gasteiger partial charge in [-0.3, -0.25) is 4.68 Å². The van der Waals surface area contributed by atoms with Gasteiger partial charge in [-0.05, 0) is 32.2 Å². The maximum Gasteiger partial charge on any atom is 0.0537 e. The van der Waals surface area contributed by atoms with Crippen molar-refractivity contribution in [3.63, 3.8) is 0 Å². The molecule has 2 unspecified atom stereocenters. The molecule has 0 aliphatic carbocycles. The van der Waals surface area contributed by atoms with Crippen molar-refractivity contribution in [1.82, 2.24) is 15.1 Å². The maximum atomic E-state index is 5.36. The average Bonchev–Trinajstić information content (AvgIpc) is 2.89. The van der Waals surface area contributed by atoms with Crippen LogP contribution in [0.5, 0.6) is 0 Å². The predicted molar refractivity (Wildman–Crippen MR) is 63.2 cm³/mol. The van der Waals surface area contributed by atoms with Crippen molar-refractivity contribution >= 4 is 0 Å². The van der Waals surface area contributed by atoms with Crippen molar-refractivity contribution in [2.75, 3.05) is 19.8 Å². The molecule has 1 N–H and O–H groups in total. The lowest BCUT2D eigenvalue weighted by molar-refractivity contribution is 0.184. The molecule has 0 amide bonds. The van der Waals surface area contributed by atoms with Crippen LogP contribution in [0.4, 0.5) is 0 Å². The Morgan fingerprint density at radius 1 is 1.69 bits per heavy atom. The number of ether oxygens (including phenoxy) is 1. The molecule has 0 spiro atoms. The van der Waals surface area contributed by atoms with E-state index >= 15 is 0 Å². The second kappa shape index (κ2) is 5.46. The van der Waals surface area contributed by atoms with Crippen LogP contribution in [0.2, 0.25) is 0 Å². The maximum absolute atomic E-state index is 5.36. The van der Waals surface area contributed by atoms with E-state index in [1.165, 1.54) is 18.4 Å². The molecular formula is C12H21N3O. The Bertz CT molecular complexity index is 318. The van der Waals surface area contributed by atoms with E-state index in [-0.39, 0.29) is 0 Å². The number of nitrogens with zero attached hydrogens (tertiary/aromatic N) is 2. The van der Waals surface area contributed by atoms with Crippen molar-refractivity contribution < 1.29 is 4.74 Å². The summed E-state index contributed by atoms with van der Waals surface area (Å²) in [6, 6.07) is 0.385. The Labute approximate surface area is 97.0 Å². The normalized spacial score (nSPS) is 22.5. The molecule has 1 aromatic heterocycles. The minimum atomic E-state index is 0.385. The molecule has 1 aliphatic heterocycles. The zero-order chi connectivity index (χ0) is 11.4. The molecule has 4 heteroatoms. The highest BCUT2D eigenvalue weighted by Gasteiger charge is 2.15. The van der Waals surface area contributed by atoms with Gasteiger partial charge >= 0.3 is 0 Å². The fraction of sp³-hybridized carbons (Fsp3) is 0.750. The van der Waals surface area contributed by atoms with Crippen molar-refractivity contribution in [2.45, 2.75) is 25.8 Å². The quantitative estimate of drug-likeness (QED) is 0.822. The van der Waals surface area contributed by atoms with Crippen LogP contribution >= 0.6 is 0 Å². The molecule has 1 aromatic rings. The average molecular weight is 223 g/mol. The zero-order valence-corrected chi connectivity index (χ0v) is 10.1. The Hall–Kier alpha value is -0.870. The van der Waals surface area contributed by atoms with Gasteiger partial charge in [0.15, 0.2) is 0 Å². The van der Waals surface area contributed by atoms with Gasteiger partial charge < -0.3 is 10.1 Å². The molecule has 4 nitrogen and oxygen atoms in total. The molecule has 0 bridgehead atoms. The zero-order valence-electron chi connectivity index (χ0n) is 10.1. The third-order valence-corrected chi connectivity index (χ3v) is 3.25. The molecule has 2 rings (SSSR count). The first-order valence-electron chi connectivity index (χ1n) is 6.05. The van der Waals surface area contributed by atoms with Gasteiger partial charge in [0.25, 0.3) is 0 Å². The van der Waals surface area contributed by atoms with E-state index in [0.717, 1.165) is 25.7 Å². The third-order valence-electron chi connectivity index (χ3n) is 3.25. The molecule has 2 atom stereocenters. The van der Waals surface area contributed by atoms with Crippen LogP contribution in [0.3, 0.4) is 0 Å². The fourth-order valence-corrected chi connectivity index (χ4v) is 2.10. The third kappa shape index (κ3) is 3.06. The number of aryl methyl sites for hydroxylation is 1. The van der Waals surface area contributed by atoms with E-state index in [0.29, 0.717) is 6.04 Å². The summed E-state index contributed by atoms with van der Waals surface area (Å²) in [6.07, 6.45) is 6.43. The highest BCUT2D eigenvalue weighted by Crippen LogP contribution is 2.16. The van der Waals surface area contributed by atoms with E-state index in [9.17, 15) is 0 Å². The molecular weight excluding hydrogens is 202 g/mol. The van der Waals surface area contributed by atoms with E-state index in [4.69, 9.17) is 4.74 Å². The molecule has 1 saturated heterocycles. The van der Waals surface area contributed by atoms with Gasteiger partial charge in [-0.2, -0.15) is 5.10 Å². The van der Waals surface area contributed by atoms with Gasteiger partial charge in [-0.15, -0.1) is 0 Å². The van der Waals surface area contributed by atoms with Crippen LogP contribution in [0, 0.1) is 5.92 Å². The monoisotopic (exact) mass is 223 g/mol. The molecule has 2 heterocycles. The predicted octanol–water partition coefficient (Wildman–Crippen LogP) is 1.50. The fourth-order valence-electron chi connectivity index (χ4n) is 2.10. The van der Waals surface area contributed by atoms with Gasteiger partial charge in [0.2, 0.25) is 0 Å². The number of rotatable bonds is 5. The van der Waals surface area contributed by atoms with Crippen LogP contribution in [-0.4, -0.2) is 29.5 Å². The Balaban J connectivity index is 1.69. The second-order valence-electron chi connectivity index (χ2n) is 4.64. The van der Waals surface area contributed by atoms with Gasteiger partial charge in [0, 0.05) is 38.1 Å². The SMILES string of the molecule is CC(NCCC1CCOC1)c1cnn(C)c1. The van der Waals surface area contributed by atoms with Crippen molar-refractivity contribution in [3.05, 3.63) is 18.0 Å². The molecule has 1 fully saturated rings. The summed E-state index contributed by atoms with van der Waals surface area (Å²) in [5, 5.41) is 7.71. The number of nitrogens with one attached hydrogen (secondary N) is 1. The number of hydrogen-bond acceptors (Lipinski definition) is 3. The topological polar surface area (TPSA) is 39.1 Å². The highest BCUT2D eigenvalue weighted by atomic mass is 16.5. The van der Waals surface area contributed by atoms with Crippen LogP contribution in [-0.2, 0) is 11.8 Å². The van der Waals surface area contributed by atoms with Crippen LogP contribution in [0.15, 0.2) is 12.4 Å².